The van der Waals surface area contributed by atoms with Crippen LogP contribution in [0, 0.1) is 0 Å². The van der Waals surface area contributed by atoms with E-state index in [1.54, 1.807) is 6.92 Å². The molecule has 0 aliphatic heterocycles. The summed E-state index contributed by atoms with van der Waals surface area (Å²) < 4.78 is 41.3. The molecule has 0 saturated heterocycles. The van der Waals surface area contributed by atoms with E-state index in [2.05, 4.69) is 10.1 Å². The lowest BCUT2D eigenvalue weighted by Crippen LogP contribution is -2.49. The van der Waals surface area contributed by atoms with E-state index in [-0.39, 0.29) is 12.8 Å². The number of thiophene rings is 1. The van der Waals surface area contributed by atoms with Crippen molar-refractivity contribution < 1.29 is 22.7 Å². The van der Waals surface area contributed by atoms with Gasteiger partial charge in [-0.15, -0.1) is 11.3 Å². The van der Waals surface area contributed by atoms with E-state index in [9.17, 15) is 18.0 Å². The van der Waals surface area contributed by atoms with Crippen LogP contribution in [0.15, 0.2) is 17.5 Å². The molecule has 0 bridgehead atoms. The fraction of sp³-hybridized carbons (Fsp3) is 0.615. The quantitative estimate of drug-likeness (QED) is 0.783. The number of hydrogen-bond donors (Lipinski definition) is 1. The van der Waals surface area contributed by atoms with Gasteiger partial charge < -0.3 is 4.74 Å². The number of methoxy groups -OCH3 is 1. The summed E-state index contributed by atoms with van der Waals surface area (Å²) in [5.41, 5.74) is -1.11. The minimum Gasteiger partial charge on any atom is -0.468 e. The summed E-state index contributed by atoms with van der Waals surface area (Å²) >= 11 is 1.52. The van der Waals surface area contributed by atoms with Crippen LogP contribution in [-0.2, 0) is 16.1 Å². The van der Waals surface area contributed by atoms with Gasteiger partial charge in [-0.25, -0.2) is 0 Å². The molecule has 1 aromatic heterocycles. The van der Waals surface area contributed by atoms with Crippen molar-refractivity contribution in [2.45, 2.75) is 44.4 Å². The SMILES string of the molecule is COC(=O)C(C)(CCCC(F)(F)F)NCc1cccs1. The molecule has 1 rings (SSSR count). The van der Waals surface area contributed by atoms with Gasteiger partial charge in [0, 0.05) is 17.8 Å². The fourth-order valence-electron chi connectivity index (χ4n) is 1.83. The molecule has 0 aliphatic carbocycles. The Balaban J connectivity index is 2.58. The molecule has 1 heterocycles. The number of esters is 1. The second-order valence-electron chi connectivity index (χ2n) is 4.73. The molecule has 1 unspecified atom stereocenters. The van der Waals surface area contributed by atoms with Crippen LogP contribution in [0.4, 0.5) is 13.2 Å². The van der Waals surface area contributed by atoms with Crippen molar-refractivity contribution in [1.82, 2.24) is 5.32 Å². The minimum absolute atomic E-state index is 0.0740. The highest BCUT2D eigenvalue weighted by atomic mass is 32.1. The van der Waals surface area contributed by atoms with Crippen molar-refractivity contribution in [2.24, 2.45) is 0 Å². The van der Waals surface area contributed by atoms with Crippen LogP contribution in [0.25, 0.3) is 0 Å². The first kappa shape index (κ1) is 17.0. The van der Waals surface area contributed by atoms with Gasteiger partial charge in [0.1, 0.15) is 5.54 Å². The van der Waals surface area contributed by atoms with Crippen molar-refractivity contribution in [3.05, 3.63) is 22.4 Å². The Hall–Kier alpha value is -1.08. The maximum Gasteiger partial charge on any atom is 0.389 e. The van der Waals surface area contributed by atoms with E-state index in [1.165, 1.54) is 18.4 Å². The molecule has 0 aromatic carbocycles. The normalized spacial score (nSPS) is 14.8. The van der Waals surface area contributed by atoms with Gasteiger partial charge in [0.05, 0.1) is 7.11 Å². The molecular formula is C13H18F3NO2S. The van der Waals surface area contributed by atoms with Crippen molar-refractivity contribution >= 4 is 17.3 Å². The molecule has 0 saturated carbocycles. The molecule has 114 valence electrons. The highest BCUT2D eigenvalue weighted by Gasteiger charge is 2.35. The zero-order chi connectivity index (χ0) is 15.2. The molecule has 0 spiro atoms. The number of hydrogen-bond acceptors (Lipinski definition) is 4. The standard InChI is InChI=1S/C13H18F3NO2S/c1-12(11(18)19-2,6-4-7-13(14,15)16)17-9-10-5-3-8-20-10/h3,5,8,17H,4,6-7,9H2,1-2H3. The summed E-state index contributed by atoms with van der Waals surface area (Å²) in [7, 11) is 1.23. The highest BCUT2D eigenvalue weighted by molar-refractivity contribution is 7.09. The average molecular weight is 309 g/mol. The summed E-state index contributed by atoms with van der Waals surface area (Å²) in [5, 5.41) is 4.90. The topological polar surface area (TPSA) is 38.3 Å². The van der Waals surface area contributed by atoms with Gasteiger partial charge in [-0.2, -0.15) is 13.2 Å². The number of alkyl halides is 3. The van der Waals surface area contributed by atoms with Gasteiger partial charge in [-0.3, -0.25) is 10.1 Å². The van der Waals surface area contributed by atoms with E-state index in [4.69, 9.17) is 0 Å². The van der Waals surface area contributed by atoms with Gasteiger partial charge in [0.25, 0.3) is 0 Å². The summed E-state index contributed by atoms with van der Waals surface area (Å²) in [4.78, 5) is 12.8. The molecule has 7 heteroatoms. The maximum absolute atomic E-state index is 12.2. The molecule has 3 nitrogen and oxygen atoms in total. The van der Waals surface area contributed by atoms with Crippen LogP contribution in [-0.4, -0.2) is 24.8 Å². The largest absolute Gasteiger partial charge is 0.468 e. The number of ether oxygens (including phenoxy) is 1. The van der Waals surface area contributed by atoms with Crippen LogP contribution in [0.2, 0.25) is 0 Å². The highest BCUT2D eigenvalue weighted by Crippen LogP contribution is 2.26. The minimum atomic E-state index is -4.20. The predicted octanol–water partition coefficient (Wildman–Crippen LogP) is 3.50. The molecule has 0 amide bonds. The number of carbonyl (C=O) groups excluding carboxylic acids is 1. The number of nitrogens with one attached hydrogen (secondary N) is 1. The van der Waals surface area contributed by atoms with Crippen LogP contribution in [0.3, 0.4) is 0 Å². The van der Waals surface area contributed by atoms with Crippen molar-refractivity contribution in [3.8, 4) is 0 Å². The van der Waals surface area contributed by atoms with Gasteiger partial charge in [0.2, 0.25) is 0 Å². The van der Waals surface area contributed by atoms with E-state index < -0.39 is 24.1 Å². The third-order valence-corrected chi connectivity index (χ3v) is 3.88. The van der Waals surface area contributed by atoms with E-state index >= 15 is 0 Å². The predicted molar refractivity (Wildman–Crippen MR) is 71.5 cm³/mol. The first-order chi connectivity index (χ1) is 9.27. The number of rotatable bonds is 7. The average Bonchev–Trinajstić information content (AvgIpc) is 2.87. The lowest BCUT2D eigenvalue weighted by Gasteiger charge is -2.28. The number of halogens is 3. The second-order valence-corrected chi connectivity index (χ2v) is 5.76. The maximum atomic E-state index is 12.2. The molecular weight excluding hydrogens is 291 g/mol. The number of carbonyl (C=O) groups is 1. The smallest absolute Gasteiger partial charge is 0.389 e. The zero-order valence-electron chi connectivity index (χ0n) is 11.4. The Morgan fingerprint density at radius 3 is 2.60 bits per heavy atom. The first-order valence-corrected chi connectivity index (χ1v) is 7.07. The third-order valence-electron chi connectivity index (χ3n) is 3.01. The van der Waals surface area contributed by atoms with Crippen molar-refractivity contribution in [2.75, 3.05) is 7.11 Å². The summed E-state index contributed by atoms with van der Waals surface area (Å²) in [6.07, 6.45) is -5.15. The Morgan fingerprint density at radius 1 is 1.40 bits per heavy atom. The first-order valence-electron chi connectivity index (χ1n) is 6.19. The Kier molecular flexibility index (Phi) is 6.01. The Bertz CT molecular complexity index is 420. The lowest BCUT2D eigenvalue weighted by atomic mass is 9.94. The molecule has 0 aliphatic rings. The van der Waals surface area contributed by atoms with Crippen molar-refractivity contribution in [1.29, 1.82) is 0 Å². The summed E-state index contributed by atoms with van der Waals surface area (Å²) in [6.45, 7) is 2.00. The fourth-order valence-corrected chi connectivity index (χ4v) is 2.47. The van der Waals surface area contributed by atoms with Crippen LogP contribution in [0.5, 0.6) is 0 Å². The van der Waals surface area contributed by atoms with Crippen LogP contribution < -0.4 is 5.32 Å². The second kappa shape index (κ2) is 7.08. The molecule has 0 fully saturated rings. The lowest BCUT2D eigenvalue weighted by molar-refractivity contribution is -0.150. The van der Waals surface area contributed by atoms with E-state index in [0.29, 0.717) is 6.54 Å². The Morgan fingerprint density at radius 2 is 2.10 bits per heavy atom. The van der Waals surface area contributed by atoms with E-state index in [0.717, 1.165) is 4.88 Å². The van der Waals surface area contributed by atoms with Gasteiger partial charge in [0.15, 0.2) is 0 Å². The van der Waals surface area contributed by atoms with Gasteiger partial charge in [-0.05, 0) is 31.2 Å². The third kappa shape index (κ3) is 5.50. The van der Waals surface area contributed by atoms with Gasteiger partial charge >= 0.3 is 12.1 Å². The van der Waals surface area contributed by atoms with Crippen LogP contribution in [0.1, 0.15) is 31.1 Å². The van der Waals surface area contributed by atoms with Crippen LogP contribution >= 0.6 is 11.3 Å². The zero-order valence-corrected chi connectivity index (χ0v) is 12.2. The molecule has 1 atom stereocenters. The Labute approximate surface area is 120 Å². The summed E-state index contributed by atoms with van der Waals surface area (Å²) in [6, 6.07) is 3.77. The van der Waals surface area contributed by atoms with Crippen molar-refractivity contribution in [3.63, 3.8) is 0 Å². The molecule has 1 N–H and O–H groups in total. The van der Waals surface area contributed by atoms with Gasteiger partial charge in [-0.1, -0.05) is 6.07 Å². The molecule has 0 radical (unpaired) electrons. The monoisotopic (exact) mass is 309 g/mol. The van der Waals surface area contributed by atoms with E-state index in [1.807, 2.05) is 17.5 Å². The molecule has 20 heavy (non-hydrogen) atoms. The molecule has 1 aromatic rings. The summed E-state index contributed by atoms with van der Waals surface area (Å²) in [5.74, 6) is -0.545.